The van der Waals surface area contributed by atoms with Gasteiger partial charge in [0, 0.05) is 12.0 Å². The maximum Gasteiger partial charge on any atom is 0.131 e. The smallest absolute Gasteiger partial charge is 0.131 e. The molecule has 4 rings (SSSR count). The fourth-order valence-electron chi connectivity index (χ4n) is 2.38. The first-order chi connectivity index (χ1) is 7.42. The summed E-state index contributed by atoms with van der Waals surface area (Å²) in [6.07, 6.45) is 2.20. The van der Waals surface area contributed by atoms with E-state index in [1.807, 2.05) is 12.1 Å². The minimum absolute atomic E-state index is 1.02. The van der Waals surface area contributed by atoms with Gasteiger partial charge in [0.15, 0.2) is 0 Å². The quantitative estimate of drug-likeness (QED) is 0.417. The summed E-state index contributed by atoms with van der Waals surface area (Å²) in [6.45, 7) is 0. The number of fused-ring (bicyclic) bond motifs is 4. The number of rotatable bonds is 0. The highest BCUT2D eigenvalue weighted by molar-refractivity contribution is 5.61. The number of ether oxygens (including phenoxy) is 1. The zero-order chi connectivity index (χ0) is 9.83. The Morgan fingerprint density at radius 1 is 0.733 bits per heavy atom. The number of para-hydroxylation sites is 1. The van der Waals surface area contributed by atoms with E-state index < -0.39 is 0 Å². The highest BCUT2D eigenvalue weighted by Gasteiger charge is 2.27. The van der Waals surface area contributed by atoms with Crippen molar-refractivity contribution in [3.63, 3.8) is 0 Å². The normalized spacial score (nSPS) is 14.7. The Morgan fingerprint density at radius 3 is 2.60 bits per heavy atom. The summed E-state index contributed by atoms with van der Waals surface area (Å²) in [5, 5.41) is 0. The van der Waals surface area contributed by atoms with Gasteiger partial charge in [-0.3, -0.25) is 0 Å². The topological polar surface area (TPSA) is 9.23 Å². The standard InChI is InChI=1S/C14H10O/c1-2-4-13-10(3-1)8-12-11-7-9(11)5-6-14(12)15-13/h1-6H,7-8H2. The van der Waals surface area contributed by atoms with E-state index in [4.69, 9.17) is 4.74 Å². The van der Waals surface area contributed by atoms with Crippen molar-refractivity contribution in [2.24, 2.45) is 0 Å². The van der Waals surface area contributed by atoms with Crippen LogP contribution in [0, 0.1) is 0 Å². The minimum atomic E-state index is 1.02. The van der Waals surface area contributed by atoms with Crippen molar-refractivity contribution in [1.29, 1.82) is 0 Å². The van der Waals surface area contributed by atoms with Crippen molar-refractivity contribution in [3.05, 3.63) is 58.7 Å². The zero-order valence-corrected chi connectivity index (χ0v) is 8.29. The maximum atomic E-state index is 5.89. The van der Waals surface area contributed by atoms with Crippen molar-refractivity contribution in [1.82, 2.24) is 0 Å². The van der Waals surface area contributed by atoms with Gasteiger partial charge in [0.25, 0.3) is 0 Å². The molecule has 2 aromatic rings. The third-order valence-corrected chi connectivity index (χ3v) is 3.29. The highest BCUT2D eigenvalue weighted by Crippen LogP contribution is 2.44. The largest absolute Gasteiger partial charge is 0.457 e. The predicted octanol–water partition coefficient (Wildman–Crippen LogP) is 3.29. The molecule has 15 heavy (non-hydrogen) atoms. The average Bonchev–Trinajstić information content (AvgIpc) is 3.06. The first-order valence-corrected chi connectivity index (χ1v) is 5.31. The van der Waals surface area contributed by atoms with Crippen LogP contribution < -0.4 is 4.74 Å². The van der Waals surface area contributed by atoms with Crippen LogP contribution >= 0.6 is 0 Å². The van der Waals surface area contributed by atoms with E-state index in [0.29, 0.717) is 0 Å². The van der Waals surface area contributed by atoms with Gasteiger partial charge in [0.1, 0.15) is 11.5 Å². The third kappa shape index (κ3) is 0.977. The molecule has 0 radical (unpaired) electrons. The Bertz CT molecular complexity index is 570. The Kier molecular flexibility index (Phi) is 1.22. The molecule has 1 heteroatoms. The minimum Gasteiger partial charge on any atom is -0.457 e. The SMILES string of the molecule is c1ccc2c(c1)Cc1c(ccc3c1C3)O2. The molecule has 1 nitrogen and oxygen atoms in total. The van der Waals surface area contributed by atoms with Gasteiger partial charge in [-0.05, 0) is 35.2 Å². The van der Waals surface area contributed by atoms with Crippen LogP contribution in [0.2, 0.25) is 0 Å². The number of hydrogen-bond acceptors (Lipinski definition) is 1. The summed E-state index contributed by atoms with van der Waals surface area (Å²) in [4.78, 5) is 0. The highest BCUT2D eigenvalue weighted by atomic mass is 16.5. The molecule has 1 aliphatic heterocycles. The maximum absolute atomic E-state index is 5.89. The zero-order valence-electron chi connectivity index (χ0n) is 8.29. The van der Waals surface area contributed by atoms with Gasteiger partial charge in [0.05, 0.1) is 0 Å². The Hall–Kier alpha value is -1.76. The second-order valence-corrected chi connectivity index (χ2v) is 4.24. The van der Waals surface area contributed by atoms with Crippen molar-refractivity contribution in [3.8, 4) is 11.5 Å². The fourth-order valence-corrected chi connectivity index (χ4v) is 2.38. The molecule has 1 heterocycles. The molecule has 0 saturated carbocycles. The molecular formula is C14H10O. The van der Waals surface area contributed by atoms with Gasteiger partial charge >= 0.3 is 0 Å². The van der Waals surface area contributed by atoms with Crippen LogP contribution in [0.15, 0.2) is 36.4 Å². The van der Waals surface area contributed by atoms with Gasteiger partial charge in [0.2, 0.25) is 0 Å². The summed E-state index contributed by atoms with van der Waals surface area (Å²) in [7, 11) is 0. The molecule has 0 fully saturated rings. The summed E-state index contributed by atoms with van der Waals surface area (Å²) in [5.74, 6) is 2.08. The fraction of sp³-hybridized carbons (Fsp3) is 0.143. The van der Waals surface area contributed by atoms with Crippen molar-refractivity contribution in [2.75, 3.05) is 0 Å². The van der Waals surface area contributed by atoms with E-state index in [1.165, 1.54) is 28.7 Å². The number of hydrogen-bond donors (Lipinski definition) is 0. The third-order valence-electron chi connectivity index (χ3n) is 3.29. The van der Waals surface area contributed by atoms with E-state index in [9.17, 15) is 0 Å². The van der Waals surface area contributed by atoms with Crippen molar-refractivity contribution < 1.29 is 4.74 Å². The van der Waals surface area contributed by atoms with Crippen LogP contribution in [0.25, 0.3) is 0 Å². The second-order valence-electron chi connectivity index (χ2n) is 4.24. The molecule has 0 unspecified atom stereocenters. The lowest BCUT2D eigenvalue weighted by molar-refractivity contribution is 0.460. The van der Waals surface area contributed by atoms with E-state index in [-0.39, 0.29) is 0 Å². The molecule has 0 amide bonds. The molecule has 1 aliphatic carbocycles. The van der Waals surface area contributed by atoms with Crippen LogP contribution in [-0.2, 0) is 12.8 Å². The average molecular weight is 194 g/mol. The first kappa shape index (κ1) is 7.52. The van der Waals surface area contributed by atoms with Crippen LogP contribution in [-0.4, -0.2) is 0 Å². The van der Waals surface area contributed by atoms with Gasteiger partial charge in [-0.25, -0.2) is 0 Å². The van der Waals surface area contributed by atoms with Crippen LogP contribution in [0.3, 0.4) is 0 Å². The molecule has 2 aliphatic rings. The predicted molar refractivity (Wildman–Crippen MR) is 58.6 cm³/mol. The number of benzene rings is 2. The van der Waals surface area contributed by atoms with Crippen LogP contribution in [0.1, 0.15) is 22.3 Å². The monoisotopic (exact) mass is 194 g/mol. The lowest BCUT2D eigenvalue weighted by Crippen LogP contribution is -2.02. The summed E-state index contributed by atoms with van der Waals surface area (Å²) >= 11 is 0. The molecule has 0 spiro atoms. The van der Waals surface area contributed by atoms with Crippen LogP contribution in [0.4, 0.5) is 0 Å². The van der Waals surface area contributed by atoms with E-state index in [1.54, 1.807) is 0 Å². The van der Waals surface area contributed by atoms with Gasteiger partial charge < -0.3 is 4.74 Å². The molecule has 2 aromatic carbocycles. The van der Waals surface area contributed by atoms with Gasteiger partial charge in [-0.15, -0.1) is 0 Å². The van der Waals surface area contributed by atoms with E-state index in [2.05, 4.69) is 24.3 Å². The van der Waals surface area contributed by atoms with Crippen molar-refractivity contribution >= 4 is 0 Å². The van der Waals surface area contributed by atoms with Gasteiger partial charge in [-0.1, -0.05) is 24.3 Å². The molecule has 72 valence electrons. The van der Waals surface area contributed by atoms with Crippen LogP contribution in [0.5, 0.6) is 11.5 Å². The molecule has 0 aromatic heterocycles. The molecule has 0 atom stereocenters. The summed E-state index contributed by atoms with van der Waals surface area (Å²) in [6, 6.07) is 12.6. The Balaban J connectivity index is 1.92. The summed E-state index contributed by atoms with van der Waals surface area (Å²) in [5.41, 5.74) is 5.73. The molecule has 0 saturated heterocycles. The molecule has 0 bridgehead atoms. The summed E-state index contributed by atoms with van der Waals surface area (Å²) < 4.78 is 5.89. The second kappa shape index (κ2) is 2.43. The molecule has 0 N–H and O–H groups in total. The van der Waals surface area contributed by atoms with E-state index in [0.717, 1.165) is 17.9 Å². The lowest BCUT2D eigenvalue weighted by atomic mass is 10.0. The Labute approximate surface area is 88.3 Å². The first-order valence-electron chi connectivity index (χ1n) is 5.31. The molecular weight excluding hydrogens is 184 g/mol. The van der Waals surface area contributed by atoms with E-state index >= 15 is 0 Å². The Morgan fingerprint density at radius 2 is 1.60 bits per heavy atom. The van der Waals surface area contributed by atoms with Crippen molar-refractivity contribution in [2.45, 2.75) is 12.8 Å². The lowest BCUT2D eigenvalue weighted by Gasteiger charge is -2.19. The van der Waals surface area contributed by atoms with Gasteiger partial charge in [-0.2, -0.15) is 0 Å².